The molecule has 0 amide bonds. The third-order valence-corrected chi connectivity index (χ3v) is 2.16. The van der Waals surface area contributed by atoms with Gasteiger partial charge in [-0.15, -0.1) is 4.91 Å². The summed E-state index contributed by atoms with van der Waals surface area (Å²) in [6, 6.07) is 5.56. The number of aromatic nitrogens is 1. The van der Waals surface area contributed by atoms with E-state index in [1.807, 2.05) is 25.1 Å². The van der Waals surface area contributed by atoms with Gasteiger partial charge in [0, 0.05) is 10.9 Å². The average molecular weight is 188 g/mol. The molecule has 1 aromatic carbocycles. The normalized spacial score (nSPS) is 10.4. The molecule has 0 aliphatic carbocycles. The Morgan fingerprint density at radius 3 is 2.86 bits per heavy atom. The van der Waals surface area contributed by atoms with Crippen LogP contribution in [0.1, 0.15) is 16.1 Å². The van der Waals surface area contributed by atoms with Crippen LogP contribution < -0.4 is 0 Å². The molecule has 1 heterocycles. The molecule has 0 aliphatic rings. The summed E-state index contributed by atoms with van der Waals surface area (Å²) in [6.07, 6.45) is 0.603. The zero-order valence-corrected chi connectivity index (χ0v) is 7.57. The number of nitroso groups, excluding NO2 is 1. The number of fused-ring (bicyclic) bond motifs is 1. The van der Waals surface area contributed by atoms with Gasteiger partial charge in [-0.25, -0.2) is 0 Å². The molecule has 0 spiro atoms. The molecule has 70 valence electrons. The van der Waals surface area contributed by atoms with Crippen molar-refractivity contribution in [1.29, 1.82) is 0 Å². The number of carbonyl (C=O) groups excluding carboxylic acids is 1. The number of nitrogens with zero attached hydrogens (tertiary/aromatic N) is 1. The lowest BCUT2D eigenvalue weighted by atomic mass is 10.1. The first-order valence-electron chi connectivity index (χ1n) is 4.17. The third-order valence-electron chi connectivity index (χ3n) is 2.16. The topological polar surface area (TPSA) is 62.3 Å². The zero-order chi connectivity index (χ0) is 10.1. The predicted molar refractivity (Wildman–Crippen MR) is 53.9 cm³/mol. The first-order chi connectivity index (χ1) is 6.76. The number of aldehydes is 1. The number of aryl methyl sites for hydroxylation is 1. The van der Waals surface area contributed by atoms with Crippen molar-refractivity contribution in [3.8, 4) is 0 Å². The number of nitrogens with one attached hydrogen (secondary N) is 1. The molecule has 0 aliphatic heterocycles. The van der Waals surface area contributed by atoms with Gasteiger partial charge in [-0.05, 0) is 24.2 Å². The van der Waals surface area contributed by atoms with E-state index in [4.69, 9.17) is 0 Å². The van der Waals surface area contributed by atoms with Crippen molar-refractivity contribution in [1.82, 2.24) is 4.98 Å². The number of aromatic amines is 1. The second-order valence-electron chi connectivity index (χ2n) is 3.15. The van der Waals surface area contributed by atoms with Crippen molar-refractivity contribution < 1.29 is 4.79 Å². The van der Waals surface area contributed by atoms with Crippen molar-refractivity contribution in [2.24, 2.45) is 5.18 Å². The highest BCUT2D eigenvalue weighted by molar-refractivity contribution is 6.00. The van der Waals surface area contributed by atoms with Gasteiger partial charge < -0.3 is 4.98 Å². The Balaban J connectivity index is 2.87. The Morgan fingerprint density at radius 2 is 2.21 bits per heavy atom. The second-order valence-corrected chi connectivity index (χ2v) is 3.15. The highest BCUT2D eigenvalue weighted by atomic mass is 16.3. The minimum atomic E-state index is 0.193. The molecule has 1 N–H and O–H groups in total. The van der Waals surface area contributed by atoms with Crippen LogP contribution >= 0.6 is 0 Å². The lowest BCUT2D eigenvalue weighted by Gasteiger charge is -1.91. The predicted octanol–water partition coefficient (Wildman–Crippen LogP) is 2.69. The molecule has 0 fully saturated rings. The summed E-state index contributed by atoms with van der Waals surface area (Å²) in [5.74, 6) is 0. The summed E-state index contributed by atoms with van der Waals surface area (Å²) in [5, 5.41) is 3.55. The first kappa shape index (κ1) is 8.62. The molecule has 0 radical (unpaired) electrons. The van der Waals surface area contributed by atoms with Crippen LogP contribution in [0.2, 0.25) is 0 Å². The summed E-state index contributed by atoms with van der Waals surface area (Å²) >= 11 is 0. The van der Waals surface area contributed by atoms with Gasteiger partial charge in [-0.1, -0.05) is 11.6 Å². The average Bonchev–Trinajstić information content (AvgIpc) is 2.54. The monoisotopic (exact) mass is 188 g/mol. The van der Waals surface area contributed by atoms with E-state index in [9.17, 15) is 9.70 Å². The standard InChI is InChI=1S/C10H8N2O2/c1-6-2-3-8-7(4-6)10(12-14)9(5-13)11-8/h2-5,11H,1H3. The Bertz CT molecular complexity index is 514. The molecule has 0 atom stereocenters. The van der Waals surface area contributed by atoms with Crippen molar-refractivity contribution in [2.45, 2.75) is 6.92 Å². The highest BCUT2D eigenvalue weighted by Gasteiger charge is 2.10. The van der Waals surface area contributed by atoms with E-state index in [0.29, 0.717) is 11.7 Å². The molecule has 2 aromatic rings. The number of rotatable bonds is 2. The maximum absolute atomic E-state index is 10.6. The molecule has 14 heavy (non-hydrogen) atoms. The van der Waals surface area contributed by atoms with Gasteiger partial charge in [0.15, 0.2) is 6.29 Å². The summed E-state index contributed by atoms with van der Waals surface area (Å²) < 4.78 is 0. The first-order valence-corrected chi connectivity index (χ1v) is 4.17. The summed E-state index contributed by atoms with van der Waals surface area (Å²) in [5.41, 5.74) is 2.21. The van der Waals surface area contributed by atoms with Gasteiger partial charge in [0.1, 0.15) is 11.4 Å². The molecular formula is C10H8N2O2. The largest absolute Gasteiger partial charge is 0.350 e. The Labute approximate surface area is 79.9 Å². The smallest absolute Gasteiger partial charge is 0.168 e. The van der Waals surface area contributed by atoms with Crippen LogP contribution in [0.25, 0.3) is 10.9 Å². The molecule has 0 saturated carbocycles. The van der Waals surface area contributed by atoms with Crippen molar-refractivity contribution in [2.75, 3.05) is 0 Å². The van der Waals surface area contributed by atoms with Gasteiger partial charge in [0.2, 0.25) is 0 Å². The molecule has 1 aromatic heterocycles. The molecule has 0 saturated heterocycles. The molecule has 0 bridgehead atoms. The molecule has 2 rings (SSSR count). The van der Waals surface area contributed by atoms with Crippen LogP contribution in [-0.2, 0) is 0 Å². The van der Waals surface area contributed by atoms with Gasteiger partial charge in [0.05, 0.1) is 0 Å². The van der Waals surface area contributed by atoms with Gasteiger partial charge in [0.25, 0.3) is 0 Å². The van der Waals surface area contributed by atoms with E-state index in [0.717, 1.165) is 11.1 Å². The molecule has 4 heteroatoms. The van der Waals surface area contributed by atoms with Gasteiger partial charge >= 0.3 is 0 Å². The minimum absolute atomic E-state index is 0.193. The summed E-state index contributed by atoms with van der Waals surface area (Å²) in [4.78, 5) is 24.0. The van der Waals surface area contributed by atoms with Crippen LogP contribution in [0.15, 0.2) is 23.4 Å². The fourth-order valence-corrected chi connectivity index (χ4v) is 1.50. The molecule has 0 unspecified atom stereocenters. The van der Waals surface area contributed by atoms with Crippen LogP contribution in [0.4, 0.5) is 5.69 Å². The van der Waals surface area contributed by atoms with E-state index in [2.05, 4.69) is 10.2 Å². The number of hydrogen-bond acceptors (Lipinski definition) is 3. The van der Waals surface area contributed by atoms with Crippen molar-refractivity contribution in [3.63, 3.8) is 0 Å². The van der Waals surface area contributed by atoms with Gasteiger partial charge in [-0.3, -0.25) is 4.79 Å². The summed E-state index contributed by atoms with van der Waals surface area (Å²) in [7, 11) is 0. The number of H-pyrrole nitrogens is 1. The Morgan fingerprint density at radius 1 is 1.43 bits per heavy atom. The summed E-state index contributed by atoms with van der Waals surface area (Å²) in [6.45, 7) is 1.92. The SMILES string of the molecule is Cc1ccc2[nH]c(C=O)c(N=O)c2c1. The zero-order valence-electron chi connectivity index (χ0n) is 7.57. The van der Waals surface area contributed by atoms with E-state index < -0.39 is 0 Å². The maximum atomic E-state index is 10.6. The van der Waals surface area contributed by atoms with E-state index in [1.165, 1.54) is 0 Å². The lowest BCUT2D eigenvalue weighted by Crippen LogP contribution is -1.76. The Kier molecular flexibility index (Phi) is 1.89. The van der Waals surface area contributed by atoms with Gasteiger partial charge in [-0.2, -0.15) is 0 Å². The molecule has 4 nitrogen and oxygen atoms in total. The van der Waals surface area contributed by atoms with Crippen LogP contribution in [0.3, 0.4) is 0 Å². The fourth-order valence-electron chi connectivity index (χ4n) is 1.50. The van der Waals surface area contributed by atoms with E-state index in [-0.39, 0.29) is 11.4 Å². The number of hydrogen-bond donors (Lipinski definition) is 1. The maximum Gasteiger partial charge on any atom is 0.168 e. The third kappa shape index (κ3) is 1.12. The highest BCUT2D eigenvalue weighted by Crippen LogP contribution is 2.29. The van der Waals surface area contributed by atoms with Crippen LogP contribution in [0, 0.1) is 11.8 Å². The van der Waals surface area contributed by atoms with Crippen LogP contribution in [-0.4, -0.2) is 11.3 Å². The second kappa shape index (κ2) is 3.06. The molecular weight excluding hydrogens is 180 g/mol. The minimum Gasteiger partial charge on any atom is -0.350 e. The quantitative estimate of drug-likeness (QED) is 0.581. The van der Waals surface area contributed by atoms with Crippen molar-refractivity contribution in [3.05, 3.63) is 34.4 Å². The number of benzene rings is 1. The fraction of sp³-hybridized carbons (Fsp3) is 0.100. The number of carbonyl (C=O) groups is 1. The lowest BCUT2D eigenvalue weighted by molar-refractivity contribution is 0.112. The Hall–Kier alpha value is -1.97. The van der Waals surface area contributed by atoms with E-state index >= 15 is 0 Å². The van der Waals surface area contributed by atoms with Crippen LogP contribution in [0.5, 0.6) is 0 Å². The van der Waals surface area contributed by atoms with E-state index in [1.54, 1.807) is 0 Å². The van der Waals surface area contributed by atoms with Crippen molar-refractivity contribution >= 4 is 22.9 Å².